The number of furan rings is 1. The molecule has 0 N–H and O–H groups in total. The summed E-state index contributed by atoms with van der Waals surface area (Å²) in [6.45, 7) is 4.70. The Morgan fingerprint density at radius 2 is 1.16 bits per heavy atom. The van der Waals surface area contributed by atoms with Gasteiger partial charge in [0.25, 0.3) is 0 Å². The lowest BCUT2D eigenvalue weighted by atomic mass is 9.82. The number of hydrogen-bond acceptors (Lipinski definition) is 2. The van der Waals surface area contributed by atoms with E-state index in [1.54, 1.807) is 0 Å². The van der Waals surface area contributed by atoms with Crippen LogP contribution in [0.5, 0.6) is 0 Å². The van der Waals surface area contributed by atoms with Gasteiger partial charge in [-0.25, -0.2) is 0 Å². The first kappa shape index (κ1) is 25.9. The van der Waals surface area contributed by atoms with Crippen molar-refractivity contribution in [1.29, 1.82) is 0 Å². The first-order valence-electron chi connectivity index (χ1n) is 15.6. The van der Waals surface area contributed by atoms with Gasteiger partial charge in [-0.05, 0) is 81.1 Å². The van der Waals surface area contributed by atoms with Crippen molar-refractivity contribution in [1.82, 2.24) is 0 Å². The Bertz CT molecular complexity index is 2410. The van der Waals surface area contributed by atoms with Gasteiger partial charge in [-0.1, -0.05) is 123 Å². The average Bonchev–Trinajstić information content (AvgIpc) is 3.58. The van der Waals surface area contributed by atoms with Crippen molar-refractivity contribution in [2.45, 2.75) is 19.3 Å². The Morgan fingerprint density at radius 3 is 2.04 bits per heavy atom. The Balaban J connectivity index is 1.32. The van der Waals surface area contributed by atoms with Crippen LogP contribution in [0.25, 0.3) is 55.0 Å². The van der Waals surface area contributed by atoms with Crippen LogP contribution in [0.15, 0.2) is 156 Å². The highest BCUT2D eigenvalue weighted by Crippen LogP contribution is 2.51. The zero-order valence-electron chi connectivity index (χ0n) is 25.3. The van der Waals surface area contributed by atoms with Gasteiger partial charge >= 0.3 is 0 Å². The second-order valence-electron chi connectivity index (χ2n) is 12.6. The minimum Gasteiger partial charge on any atom is -0.456 e. The summed E-state index contributed by atoms with van der Waals surface area (Å²) in [5.41, 5.74) is 12.9. The predicted octanol–water partition coefficient (Wildman–Crippen LogP) is 12.2. The van der Waals surface area contributed by atoms with Gasteiger partial charge in [0.2, 0.25) is 0 Å². The van der Waals surface area contributed by atoms with Crippen molar-refractivity contribution in [3.8, 4) is 22.3 Å². The molecule has 0 fully saturated rings. The summed E-state index contributed by atoms with van der Waals surface area (Å²) in [5, 5.41) is 4.68. The van der Waals surface area contributed by atoms with E-state index in [1.807, 2.05) is 6.07 Å². The molecule has 1 heterocycles. The van der Waals surface area contributed by atoms with Crippen molar-refractivity contribution < 1.29 is 4.42 Å². The topological polar surface area (TPSA) is 16.4 Å². The number of benzene rings is 7. The van der Waals surface area contributed by atoms with Crippen molar-refractivity contribution in [2.24, 2.45) is 0 Å². The summed E-state index contributed by atoms with van der Waals surface area (Å²) < 4.78 is 6.30. The lowest BCUT2D eigenvalue weighted by molar-refractivity contribution is 0.660. The molecule has 2 heteroatoms. The van der Waals surface area contributed by atoms with Crippen LogP contribution in [0, 0.1) is 0 Å². The van der Waals surface area contributed by atoms with Crippen molar-refractivity contribution in [3.05, 3.63) is 163 Å². The van der Waals surface area contributed by atoms with Crippen LogP contribution >= 0.6 is 0 Å². The van der Waals surface area contributed by atoms with E-state index in [-0.39, 0.29) is 5.41 Å². The second-order valence-corrected chi connectivity index (χ2v) is 12.6. The zero-order chi connectivity index (χ0) is 30.1. The van der Waals surface area contributed by atoms with Crippen LogP contribution in [0.3, 0.4) is 0 Å². The molecular formula is C43H31NO. The molecule has 1 aliphatic carbocycles. The lowest BCUT2D eigenvalue weighted by Gasteiger charge is -2.30. The summed E-state index contributed by atoms with van der Waals surface area (Å²) in [5.74, 6) is 0. The third-order valence-electron chi connectivity index (χ3n) is 9.66. The standard InChI is InChI=1S/C43H31NO/c1-43(2)37-17-9-6-15-33(37)34-24-23-31(27-38(34)43)44(39-18-10-7-14-32(39)28-12-4-3-5-13-28)30-22-20-29-21-25-41-42(36(29)26-30)35-16-8-11-19-40(35)45-41/h3-27H,1-2H3. The molecule has 45 heavy (non-hydrogen) atoms. The molecule has 1 aliphatic rings. The molecule has 0 aliphatic heterocycles. The van der Waals surface area contributed by atoms with Gasteiger partial charge in [0, 0.05) is 33.1 Å². The van der Waals surface area contributed by atoms with Crippen molar-refractivity contribution in [2.75, 3.05) is 4.90 Å². The van der Waals surface area contributed by atoms with Gasteiger partial charge in [-0.15, -0.1) is 0 Å². The molecule has 214 valence electrons. The first-order valence-corrected chi connectivity index (χ1v) is 15.6. The molecule has 0 atom stereocenters. The SMILES string of the molecule is CC1(C)c2ccccc2-c2ccc(N(c3ccc4ccc5oc6ccccc6c5c4c3)c3ccccc3-c3ccccc3)cc21. The highest BCUT2D eigenvalue weighted by Gasteiger charge is 2.35. The monoisotopic (exact) mass is 577 g/mol. The van der Waals surface area contributed by atoms with E-state index < -0.39 is 0 Å². The summed E-state index contributed by atoms with van der Waals surface area (Å²) in [6, 6.07) is 54.8. The van der Waals surface area contributed by atoms with Crippen LogP contribution in [0.4, 0.5) is 17.1 Å². The molecule has 7 aromatic carbocycles. The summed E-state index contributed by atoms with van der Waals surface area (Å²) in [6.07, 6.45) is 0. The lowest BCUT2D eigenvalue weighted by Crippen LogP contribution is -2.16. The second kappa shape index (κ2) is 9.70. The minimum atomic E-state index is -0.0994. The molecule has 9 rings (SSSR count). The molecule has 0 saturated carbocycles. The fourth-order valence-electron chi connectivity index (χ4n) is 7.46. The third kappa shape index (κ3) is 3.89. The summed E-state index contributed by atoms with van der Waals surface area (Å²) >= 11 is 0. The smallest absolute Gasteiger partial charge is 0.136 e. The van der Waals surface area contributed by atoms with Gasteiger partial charge in [-0.3, -0.25) is 0 Å². The summed E-state index contributed by atoms with van der Waals surface area (Å²) in [7, 11) is 0. The van der Waals surface area contributed by atoms with Crippen LogP contribution < -0.4 is 4.90 Å². The quantitative estimate of drug-likeness (QED) is 0.207. The Morgan fingerprint density at radius 1 is 0.489 bits per heavy atom. The van der Waals surface area contributed by atoms with E-state index in [2.05, 4.69) is 164 Å². The Hall–Kier alpha value is -5.60. The third-order valence-corrected chi connectivity index (χ3v) is 9.66. The fourth-order valence-corrected chi connectivity index (χ4v) is 7.46. The van der Waals surface area contributed by atoms with E-state index in [4.69, 9.17) is 4.42 Å². The van der Waals surface area contributed by atoms with Crippen molar-refractivity contribution >= 4 is 49.8 Å². The normalized spacial score (nSPS) is 13.3. The Labute approximate surface area is 262 Å². The number of hydrogen-bond donors (Lipinski definition) is 0. The molecule has 8 aromatic rings. The maximum atomic E-state index is 6.30. The molecule has 0 radical (unpaired) electrons. The number of nitrogens with zero attached hydrogens (tertiary/aromatic N) is 1. The largest absolute Gasteiger partial charge is 0.456 e. The van der Waals surface area contributed by atoms with Gasteiger partial charge in [-0.2, -0.15) is 0 Å². The van der Waals surface area contributed by atoms with Crippen molar-refractivity contribution in [3.63, 3.8) is 0 Å². The molecule has 0 saturated heterocycles. The molecule has 0 unspecified atom stereocenters. The number of para-hydroxylation sites is 2. The molecular weight excluding hydrogens is 546 g/mol. The van der Waals surface area contributed by atoms with E-state index in [9.17, 15) is 0 Å². The fraction of sp³-hybridized carbons (Fsp3) is 0.0698. The number of rotatable bonds is 4. The minimum absolute atomic E-state index is 0.0994. The first-order chi connectivity index (χ1) is 22.1. The predicted molar refractivity (Wildman–Crippen MR) is 189 cm³/mol. The van der Waals surface area contributed by atoms with Crippen LogP contribution in [-0.2, 0) is 5.41 Å². The van der Waals surface area contributed by atoms with Crippen LogP contribution in [-0.4, -0.2) is 0 Å². The van der Waals surface area contributed by atoms with E-state index in [0.717, 1.165) is 39.0 Å². The molecule has 2 nitrogen and oxygen atoms in total. The van der Waals surface area contributed by atoms with E-state index in [0.29, 0.717) is 0 Å². The highest BCUT2D eigenvalue weighted by atomic mass is 16.3. The summed E-state index contributed by atoms with van der Waals surface area (Å²) in [4.78, 5) is 2.43. The molecule has 0 bridgehead atoms. The number of anilines is 3. The van der Waals surface area contributed by atoms with E-state index in [1.165, 1.54) is 44.2 Å². The molecule has 0 spiro atoms. The van der Waals surface area contributed by atoms with Gasteiger partial charge in [0.1, 0.15) is 11.2 Å². The molecule has 0 amide bonds. The highest BCUT2D eigenvalue weighted by molar-refractivity contribution is 6.19. The maximum Gasteiger partial charge on any atom is 0.136 e. The van der Waals surface area contributed by atoms with Gasteiger partial charge in [0.15, 0.2) is 0 Å². The number of fused-ring (bicyclic) bond motifs is 8. The molecule has 1 aromatic heterocycles. The zero-order valence-corrected chi connectivity index (χ0v) is 25.3. The maximum absolute atomic E-state index is 6.30. The van der Waals surface area contributed by atoms with Crippen LogP contribution in [0.2, 0.25) is 0 Å². The van der Waals surface area contributed by atoms with Gasteiger partial charge < -0.3 is 9.32 Å². The van der Waals surface area contributed by atoms with Crippen LogP contribution in [0.1, 0.15) is 25.0 Å². The van der Waals surface area contributed by atoms with E-state index >= 15 is 0 Å². The van der Waals surface area contributed by atoms with Gasteiger partial charge in [0.05, 0.1) is 5.69 Å². The average molecular weight is 578 g/mol. The Kier molecular flexibility index (Phi) is 5.58.